The Morgan fingerprint density at radius 1 is 1.16 bits per heavy atom. The van der Waals surface area contributed by atoms with Crippen LogP contribution in [0.4, 0.5) is 5.82 Å². The lowest BCUT2D eigenvalue weighted by molar-refractivity contribution is -0.125. The number of fused-ring (bicyclic) bond motifs is 1. The molecule has 0 aliphatic carbocycles. The molecule has 2 aromatic heterocycles. The number of aryl methyl sites for hydroxylation is 3. The van der Waals surface area contributed by atoms with Gasteiger partial charge in [0.1, 0.15) is 0 Å². The number of hydrogen-bond donors (Lipinski definition) is 0. The summed E-state index contributed by atoms with van der Waals surface area (Å²) in [5, 5.41) is 4.46. The summed E-state index contributed by atoms with van der Waals surface area (Å²) in [7, 11) is -1.49. The molecule has 0 fully saturated rings. The Morgan fingerprint density at radius 2 is 1.88 bits per heavy atom. The molecule has 1 aliphatic heterocycles. The molecule has 0 unspecified atom stereocenters. The second-order valence-corrected chi connectivity index (χ2v) is 10.3. The lowest BCUT2D eigenvalue weighted by atomic mass is 10.1. The third-order valence-electron chi connectivity index (χ3n) is 5.84. The van der Waals surface area contributed by atoms with Crippen LogP contribution in [0.15, 0.2) is 35.2 Å². The van der Waals surface area contributed by atoms with Crippen LogP contribution in [-0.2, 0) is 28.2 Å². The molecule has 3 aromatic rings. The highest BCUT2D eigenvalue weighted by atomic mass is 32.2. The molecule has 168 valence electrons. The molecular formula is C23H26N4O4S. The van der Waals surface area contributed by atoms with Crippen molar-refractivity contribution in [2.24, 2.45) is 7.05 Å². The SMILES string of the molecule is Cc1cc(-c2cccc(S(C)(=O)=O)c2)nc2c1O[C@H](C)C(=O)N2Cc1c(C)nn(C)c1C. The van der Waals surface area contributed by atoms with Gasteiger partial charge in [-0.1, -0.05) is 12.1 Å². The van der Waals surface area contributed by atoms with Gasteiger partial charge < -0.3 is 4.74 Å². The van der Waals surface area contributed by atoms with E-state index in [9.17, 15) is 13.2 Å². The summed E-state index contributed by atoms with van der Waals surface area (Å²) in [5.74, 6) is 0.795. The Morgan fingerprint density at radius 3 is 2.50 bits per heavy atom. The van der Waals surface area contributed by atoms with Gasteiger partial charge in [0.15, 0.2) is 27.5 Å². The van der Waals surface area contributed by atoms with E-state index in [1.54, 1.807) is 40.8 Å². The van der Waals surface area contributed by atoms with E-state index in [0.717, 1.165) is 22.5 Å². The Kier molecular flexibility index (Phi) is 5.32. The summed E-state index contributed by atoms with van der Waals surface area (Å²) in [6.45, 7) is 7.83. The quantitative estimate of drug-likeness (QED) is 0.601. The van der Waals surface area contributed by atoms with Crippen molar-refractivity contribution >= 4 is 21.6 Å². The van der Waals surface area contributed by atoms with Crippen LogP contribution in [0.2, 0.25) is 0 Å². The van der Waals surface area contributed by atoms with Crippen molar-refractivity contribution in [3.63, 3.8) is 0 Å². The first-order valence-corrected chi connectivity index (χ1v) is 12.2. The Labute approximate surface area is 187 Å². The number of rotatable bonds is 4. The number of amides is 1. The molecule has 1 aromatic carbocycles. The van der Waals surface area contributed by atoms with Gasteiger partial charge >= 0.3 is 0 Å². The van der Waals surface area contributed by atoms with Gasteiger partial charge in [0.05, 0.1) is 22.8 Å². The monoisotopic (exact) mass is 454 g/mol. The molecule has 3 heterocycles. The molecule has 0 N–H and O–H groups in total. The number of ether oxygens (including phenoxy) is 1. The zero-order valence-corrected chi connectivity index (χ0v) is 19.8. The summed E-state index contributed by atoms with van der Waals surface area (Å²) in [6, 6.07) is 8.49. The van der Waals surface area contributed by atoms with Crippen LogP contribution < -0.4 is 9.64 Å². The average molecular weight is 455 g/mol. The fourth-order valence-electron chi connectivity index (χ4n) is 3.91. The first kappa shape index (κ1) is 22.0. The van der Waals surface area contributed by atoms with Gasteiger partial charge in [-0.2, -0.15) is 5.10 Å². The number of anilines is 1. The fourth-order valence-corrected chi connectivity index (χ4v) is 4.58. The van der Waals surface area contributed by atoms with E-state index in [-0.39, 0.29) is 10.8 Å². The summed E-state index contributed by atoms with van der Waals surface area (Å²) in [5.41, 5.74) is 4.83. The predicted molar refractivity (Wildman–Crippen MR) is 121 cm³/mol. The molecule has 0 bridgehead atoms. The minimum absolute atomic E-state index is 0.186. The number of sulfone groups is 1. The van der Waals surface area contributed by atoms with Crippen molar-refractivity contribution in [3.05, 3.63) is 52.8 Å². The smallest absolute Gasteiger partial charge is 0.269 e. The normalized spacial score (nSPS) is 16.1. The molecule has 4 rings (SSSR count). The van der Waals surface area contributed by atoms with Crippen LogP contribution in [0.5, 0.6) is 5.75 Å². The van der Waals surface area contributed by atoms with E-state index in [0.29, 0.717) is 29.4 Å². The van der Waals surface area contributed by atoms with E-state index in [1.807, 2.05) is 33.9 Å². The van der Waals surface area contributed by atoms with Crippen LogP contribution in [0.1, 0.15) is 29.4 Å². The molecule has 0 radical (unpaired) electrons. The highest BCUT2D eigenvalue weighted by Crippen LogP contribution is 2.39. The summed E-state index contributed by atoms with van der Waals surface area (Å²) in [6.07, 6.45) is 0.533. The third-order valence-corrected chi connectivity index (χ3v) is 6.95. The zero-order chi connectivity index (χ0) is 23.4. The van der Waals surface area contributed by atoms with Gasteiger partial charge in [-0.15, -0.1) is 0 Å². The molecule has 8 nitrogen and oxygen atoms in total. The topological polar surface area (TPSA) is 94.4 Å². The van der Waals surface area contributed by atoms with Crippen molar-refractivity contribution in [3.8, 4) is 17.0 Å². The summed E-state index contributed by atoms with van der Waals surface area (Å²) >= 11 is 0. The largest absolute Gasteiger partial charge is 0.477 e. The molecule has 32 heavy (non-hydrogen) atoms. The standard InChI is InChI=1S/C23H26N4O4S/c1-13-10-20(17-8-7-9-18(11-17)32(6,29)30)24-22-21(13)31-16(4)23(28)27(22)12-19-14(2)25-26(5)15(19)3/h7-11,16H,12H2,1-6H3/t16-/m1/s1. The first-order valence-electron chi connectivity index (χ1n) is 10.3. The number of carbonyl (C=O) groups excluding carboxylic acids is 1. The minimum atomic E-state index is -3.36. The van der Waals surface area contributed by atoms with Gasteiger partial charge in [0, 0.05) is 30.1 Å². The van der Waals surface area contributed by atoms with E-state index >= 15 is 0 Å². The molecule has 0 spiro atoms. The maximum absolute atomic E-state index is 13.1. The van der Waals surface area contributed by atoms with Crippen molar-refractivity contribution in [2.45, 2.75) is 45.2 Å². The number of pyridine rings is 1. The second-order valence-electron chi connectivity index (χ2n) is 8.23. The molecule has 1 atom stereocenters. The van der Waals surface area contributed by atoms with E-state index in [2.05, 4.69) is 5.10 Å². The van der Waals surface area contributed by atoms with Gasteiger partial charge in [0.25, 0.3) is 5.91 Å². The van der Waals surface area contributed by atoms with Crippen LogP contribution in [-0.4, -0.2) is 41.4 Å². The fraction of sp³-hybridized carbons (Fsp3) is 0.348. The lowest BCUT2D eigenvalue weighted by Crippen LogP contribution is -2.45. The van der Waals surface area contributed by atoms with E-state index in [4.69, 9.17) is 9.72 Å². The Hall–Kier alpha value is -3.20. The van der Waals surface area contributed by atoms with Crippen molar-refractivity contribution in [1.82, 2.24) is 14.8 Å². The average Bonchev–Trinajstić information content (AvgIpc) is 2.97. The molecular weight excluding hydrogens is 428 g/mol. The Balaban J connectivity index is 1.85. The van der Waals surface area contributed by atoms with Crippen LogP contribution in [0.3, 0.4) is 0 Å². The van der Waals surface area contributed by atoms with Crippen molar-refractivity contribution in [2.75, 3.05) is 11.2 Å². The number of carbonyl (C=O) groups is 1. The van der Waals surface area contributed by atoms with Crippen molar-refractivity contribution in [1.29, 1.82) is 0 Å². The van der Waals surface area contributed by atoms with Crippen LogP contribution >= 0.6 is 0 Å². The van der Waals surface area contributed by atoms with E-state index < -0.39 is 15.9 Å². The number of benzene rings is 1. The summed E-state index contributed by atoms with van der Waals surface area (Å²) in [4.78, 5) is 19.7. The highest BCUT2D eigenvalue weighted by Gasteiger charge is 2.35. The van der Waals surface area contributed by atoms with E-state index in [1.165, 1.54) is 6.26 Å². The van der Waals surface area contributed by atoms with Crippen LogP contribution in [0, 0.1) is 20.8 Å². The van der Waals surface area contributed by atoms with Crippen molar-refractivity contribution < 1.29 is 17.9 Å². The predicted octanol–water partition coefficient (Wildman–Crippen LogP) is 3.12. The van der Waals surface area contributed by atoms with Gasteiger partial charge in [-0.25, -0.2) is 13.4 Å². The molecule has 0 saturated heterocycles. The molecule has 0 saturated carbocycles. The molecule has 1 aliphatic rings. The highest BCUT2D eigenvalue weighted by molar-refractivity contribution is 7.90. The number of hydrogen-bond acceptors (Lipinski definition) is 6. The minimum Gasteiger partial charge on any atom is -0.477 e. The zero-order valence-electron chi connectivity index (χ0n) is 19.0. The maximum atomic E-state index is 13.1. The lowest BCUT2D eigenvalue weighted by Gasteiger charge is -2.33. The second kappa shape index (κ2) is 7.74. The first-order chi connectivity index (χ1) is 15.0. The number of nitrogens with zero attached hydrogens (tertiary/aromatic N) is 4. The maximum Gasteiger partial charge on any atom is 0.269 e. The van der Waals surface area contributed by atoms with Gasteiger partial charge in [0.2, 0.25) is 0 Å². The summed E-state index contributed by atoms with van der Waals surface area (Å²) < 4.78 is 31.7. The van der Waals surface area contributed by atoms with Gasteiger partial charge in [-0.3, -0.25) is 14.4 Å². The number of aromatic nitrogens is 3. The van der Waals surface area contributed by atoms with Crippen LogP contribution in [0.25, 0.3) is 11.3 Å². The Bertz CT molecular complexity index is 1340. The van der Waals surface area contributed by atoms with Gasteiger partial charge in [-0.05, 0) is 51.5 Å². The third kappa shape index (κ3) is 3.77. The molecule has 9 heteroatoms. The molecule has 1 amide bonds.